The van der Waals surface area contributed by atoms with Crippen LogP contribution in [0.15, 0.2) is 0 Å². The van der Waals surface area contributed by atoms with Gasteiger partial charge in [0.1, 0.15) is 0 Å². The van der Waals surface area contributed by atoms with Gasteiger partial charge in [-0.15, -0.1) is 0 Å². The number of rotatable bonds is 0. The molecule has 0 heterocycles. The molecule has 0 unspecified atom stereocenters. The van der Waals surface area contributed by atoms with Crippen molar-refractivity contribution < 1.29 is 26.1 Å². The van der Waals surface area contributed by atoms with Gasteiger partial charge < -0.3 is 0 Å². The predicted octanol–water partition coefficient (Wildman–Crippen LogP) is 2.61. The SMILES string of the molecule is CC(C)(C)I.O=S(=O)(O)C(F)(F)F. The molecule has 3 nitrogen and oxygen atoms in total. The molecule has 0 aromatic heterocycles. The van der Waals surface area contributed by atoms with Crippen LogP contribution in [0.4, 0.5) is 13.2 Å². The molecule has 0 spiro atoms. The Bertz CT molecular complexity index is 233. The lowest BCUT2D eigenvalue weighted by Gasteiger charge is -2.02. The van der Waals surface area contributed by atoms with Crippen molar-refractivity contribution in [3.63, 3.8) is 0 Å². The molecule has 0 atom stereocenters. The second-order valence-electron chi connectivity index (χ2n) is 2.99. The van der Waals surface area contributed by atoms with Crippen molar-refractivity contribution in [2.45, 2.75) is 29.7 Å². The van der Waals surface area contributed by atoms with Crippen LogP contribution in [0.5, 0.6) is 0 Å². The predicted molar refractivity (Wildman–Crippen MR) is 51.4 cm³/mol. The Kier molecular flexibility index (Phi) is 5.84. The van der Waals surface area contributed by atoms with Crippen LogP contribution in [0.1, 0.15) is 20.8 Å². The topological polar surface area (TPSA) is 54.4 Å². The molecule has 0 saturated carbocycles. The van der Waals surface area contributed by atoms with Crippen LogP contribution >= 0.6 is 22.6 Å². The van der Waals surface area contributed by atoms with E-state index in [1.807, 2.05) is 0 Å². The van der Waals surface area contributed by atoms with E-state index in [1.54, 1.807) is 0 Å². The average Bonchev–Trinajstić information content (AvgIpc) is 1.50. The summed E-state index contributed by atoms with van der Waals surface area (Å²) < 4.78 is 58.0. The van der Waals surface area contributed by atoms with E-state index < -0.39 is 15.6 Å². The molecule has 0 aromatic carbocycles. The largest absolute Gasteiger partial charge is 0.522 e. The smallest absolute Gasteiger partial charge is 0.279 e. The first-order valence-electron chi connectivity index (χ1n) is 2.98. The van der Waals surface area contributed by atoms with E-state index in [9.17, 15) is 13.2 Å². The summed E-state index contributed by atoms with van der Waals surface area (Å²) in [4.78, 5) is 0. The summed E-state index contributed by atoms with van der Waals surface area (Å²) in [5, 5.41) is 0. The molecule has 8 heteroatoms. The van der Waals surface area contributed by atoms with Gasteiger partial charge in [0, 0.05) is 3.42 Å². The van der Waals surface area contributed by atoms with Gasteiger partial charge in [-0.3, -0.25) is 4.55 Å². The van der Waals surface area contributed by atoms with Gasteiger partial charge >= 0.3 is 15.6 Å². The van der Waals surface area contributed by atoms with Gasteiger partial charge in [-0.2, -0.15) is 21.6 Å². The highest BCUT2D eigenvalue weighted by molar-refractivity contribution is 14.1. The third kappa shape index (κ3) is 15.2. The Morgan fingerprint density at radius 1 is 1.15 bits per heavy atom. The van der Waals surface area contributed by atoms with Gasteiger partial charge in [0.15, 0.2) is 0 Å². The molecular formula is C5H10F3IO3S. The van der Waals surface area contributed by atoms with Crippen molar-refractivity contribution in [3.8, 4) is 0 Å². The highest BCUT2D eigenvalue weighted by atomic mass is 127. The Hall–Kier alpha value is 0.430. The molecule has 0 bridgehead atoms. The van der Waals surface area contributed by atoms with Gasteiger partial charge in [-0.25, -0.2) is 0 Å². The molecular weight excluding hydrogens is 324 g/mol. The molecule has 82 valence electrons. The van der Waals surface area contributed by atoms with E-state index in [4.69, 9.17) is 13.0 Å². The first-order chi connectivity index (χ1) is 5.25. The molecule has 0 aliphatic heterocycles. The molecule has 0 fully saturated rings. The zero-order chi connectivity index (χ0) is 11.5. The first kappa shape index (κ1) is 15.9. The molecule has 1 N–H and O–H groups in total. The van der Waals surface area contributed by atoms with Gasteiger partial charge in [-0.1, -0.05) is 43.4 Å². The summed E-state index contributed by atoms with van der Waals surface area (Å²) in [7, 11) is -5.84. The quantitative estimate of drug-likeness (QED) is 0.321. The summed E-state index contributed by atoms with van der Waals surface area (Å²) in [5.41, 5.74) is -5.53. The zero-order valence-corrected chi connectivity index (χ0v) is 10.2. The lowest BCUT2D eigenvalue weighted by atomic mass is 10.3. The van der Waals surface area contributed by atoms with Crippen LogP contribution < -0.4 is 0 Å². The fourth-order valence-electron chi connectivity index (χ4n) is 0. The van der Waals surface area contributed by atoms with Gasteiger partial charge in [0.2, 0.25) is 0 Å². The van der Waals surface area contributed by atoms with Crippen LogP contribution in [0, 0.1) is 0 Å². The summed E-state index contributed by atoms with van der Waals surface area (Å²) >= 11 is 2.38. The molecule has 0 radical (unpaired) electrons. The summed E-state index contributed by atoms with van der Waals surface area (Å²) in [6.07, 6.45) is 0. The Balaban J connectivity index is 0. The van der Waals surface area contributed by atoms with Crippen molar-refractivity contribution >= 4 is 32.7 Å². The summed E-state index contributed by atoms with van der Waals surface area (Å²) in [6.45, 7) is 6.52. The maximum absolute atomic E-state index is 10.7. The third-order valence-electron chi connectivity index (χ3n) is 0.292. The van der Waals surface area contributed by atoms with Crippen LogP contribution in [0.2, 0.25) is 0 Å². The minimum absolute atomic E-state index is 0.470. The minimum atomic E-state index is -5.84. The molecule has 0 amide bonds. The van der Waals surface area contributed by atoms with E-state index in [0.29, 0.717) is 3.42 Å². The Morgan fingerprint density at radius 3 is 1.23 bits per heavy atom. The lowest BCUT2D eigenvalue weighted by Crippen LogP contribution is -2.21. The number of hydrogen-bond acceptors (Lipinski definition) is 2. The van der Waals surface area contributed by atoms with Gasteiger partial charge in [0.05, 0.1) is 0 Å². The lowest BCUT2D eigenvalue weighted by molar-refractivity contribution is -0.0510. The highest BCUT2D eigenvalue weighted by Crippen LogP contribution is 2.20. The van der Waals surface area contributed by atoms with E-state index in [0.717, 1.165) is 0 Å². The monoisotopic (exact) mass is 334 g/mol. The van der Waals surface area contributed by atoms with Crippen molar-refractivity contribution in [2.24, 2.45) is 0 Å². The van der Waals surface area contributed by atoms with Gasteiger partial charge in [-0.05, 0) is 0 Å². The Morgan fingerprint density at radius 2 is 1.23 bits per heavy atom. The van der Waals surface area contributed by atoms with Crippen molar-refractivity contribution in [1.29, 1.82) is 0 Å². The first-order valence-corrected chi connectivity index (χ1v) is 5.49. The maximum atomic E-state index is 10.7. The molecule has 0 rings (SSSR count). The van der Waals surface area contributed by atoms with E-state index in [1.165, 1.54) is 0 Å². The third-order valence-corrected chi connectivity index (χ3v) is 0.877. The fourth-order valence-corrected chi connectivity index (χ4v) is 0. The van der Waals surface area contributed by atoms with Crippen molar-refractivity contribution in [3.05, 3.63) is 0 Å². The fraction of sp³-hybridized carbons (Fsp3) is 1.00. The standard InChI is InChI=1S/C4H9I.CHF3O3S/c1-4(2,3)5;2-1(3,4)8(5,6)7/h1-3H3;(H,5,6,7). The van der Waals surface area contributed by atoms with E-state index in [2.05, 4.69) is 43.4 Å². The highest BCUT2D eigenvalue weighted by Gasteiger charge is 2.44. The van der Waals surface area contributed by atoms with E-state index in [-0.39, 0.29) is 0 Å². The van der Waals surface area contributed by atoms with Crippen LogP contribution in [0.3, 0.4) is 0 Å². The number of hydrogen-bond donors (Lipinski definition) is 1. The summed E-state index contributed by atoms with van der Waals surface area (Å²) in [5.74, 6) is 0. The molecule has 0 aliphatic carbocycles. The average molecular weight is 334 g/mol. The normalized spacial score (nSPS) is 13.2. The van der Waals surface area contributed by atoms with E-state index >= 15 is 0 Å². The second kappa shape index (κ2) is 4.78. The van der Waals surface area contributed by atoms with Crippen molar-refractivity contribution in [2.75, 3.05) is 0 Å². The molecule has 0 aromatic rings. The van der Waals surface area contributed by atoms with Gasteiger partial charge in [0.25, 0.3) is 0 Å². The number of alkyl halides is 4. The minimum Gasteiger partial charge on any atom is -0.279 e. The Labute approximate surface area is 88.6 Å². The zero-order valence-electron chi connectivity index (χ0n) is 7.18. The molecule has 13 heavy (non-hydrogen) atoms. The second-order valence-corrected chi connectivity index (χ2v) is 7.64. The summed E-state index contributed by atoms with van der Waals surface area (Å²) in [6, 6.07) is 0. The molecule has 0 aliphatic rings. The van der Waals surface area contributed by atoms with Crippen LogP contribution in [-0.2, 0) is 10.1 Å². The van der Waals surface area contributed by atoms with Crippen LogP contribution in [-0.4, -0.2) is 21.9 Å². The van der Waals surface area contributed by atoms with Crippen molar-refractivity contribution in [1.82, 2.24) is 0 Å². The number of halogens is 4. The maximum Gasteiger partial charge on any atom is 0.522 e. The molecule has 0 saturated heterocycles. The van der Waals surface area contributed by atoms with Crippen LogP contribution in [0.25, 0.3) is 0 Å².